The molecule has 18 heavy (non-hydrogen) atoms. The molecule has 0 fully saturated rings. The molecule has 2 aromatic rings. The summed E-state index contributed by atoms with van der Waals surface area (Å²) in [6, 6.07) is 6.57. The molecule has 0 spiro atoms. The first kappa shape index (κ1) is 14.0. The van der Waals surface area contributed by atoms with Crippen molar-refractivity contribution in [2.45, 2.75) is 13.0 Å². The van der Waals surface area contributed by atoms with E-state index in [0.29, 0.717) is 10.6 Å². The van der Waals surface area contributed by atoms with Crippen LogP contribution in [0.2, 0.25) is 5.02 Å². The Hall–Kier alpha value is -0.420. The highest BCUT2D eigenvalue weighted by molar-refractivity contribution is 9.10. The van der Waals surface area contributed by atoms with Gasteiger partial charge in [-0.15, -0.1) is 11.3 Å². The van der Waals surface area contributed by atoms with E-state index in [4.69, 9.17) is 11.6 Å². The molecule has 1 N–H and O–H groups in total. The van der Waals surface area contributed by atoms with Crippen molar-refractivity contribution in [3.8, 4) is 0 Å². The molecule has 0 bridgehead atoms. The molecule has 1 aromatic carbocycles. The van der Waals surface area contributed by atoms with E-state index in [1.807, 2.05) is 18.4 Å². The molecule has 1 nitrogen and oxygen atoms in total. The van der Waals surface area contributed by atoms with Gasteiger partial charge in [0.25, 0.3) is 0 Å². The van der Waals surface area contributed by atoms with Crippen LogP contribution in [-0.2, 0) is 0 Å². The summed E-state index contributed by atoms with van der Waals surface area (Å²) in [5.74, 6) is -0.228. The molecular weight excluding hydrogens is 337 g/mol. The average Bonchev–Trinajstić information content (AvgIpc) is 2.76. The SMILES string of the molecule is CCNC(c1cc(Br)ccc1F)c1sccc1Cl. The van der Waals surface area contributed by atoms with E-state index in [1.165, 1.54) is 17.4 Å². The topological polar surface area (TPSA) is 12.0 Å². The third-order valence-electron chi connectivity index (χ3n) is 2.58. The Kier molecular flexibility index (Phi) is 4.78. The van der Waals surface area contributed by atoms with E-state index < -0.39 is 0 Å². The highest BCUT2D eigenvalue weighted by Gasteiger charge is 2.20. The monoisotopic (exact) mass is 347 g/mol. The van der Waals surface area contributed by atoms with Crippen molar-refractivity contribution in [3.05, 3.63) is 55.4 Å². The maximum Gasteiger partial charge on any atom is 0.128 e. The summed E-state index contributed by atoms with van der Waals surface area (Å²) in [6.45, 7) is 2.73. The molecule has 2 rings (SSSR count). The maximum absolute atomic E-state index is 14.0. The minimum Gasteiger partial charge on any atom is -0.306 e. The molecule has 0 radical (unpaired) electrons. The lowest BCUT2D eigenvalue weighted by Gasteiger charge is -2.18. The Morgan fingerprint density at radius 3 is 2.83 bits per heavy atom. The minimum absolute atomic E-state index is 0.208. The summed E-state index contributed by atoms with van der Waals surface area (Å²) < 4.78 is 14.8. The Bertz CT molecular complexity index is 544. The molecule has 1 unspecified atom stereocenters. The summed E-state index contributed by atoms with van der Waals surface area (Å²) in [7, 11) is 0. The summed E-state index contributed by atoms with van der Waals surface area (Å²) in [5, 5.41) is 5.86. The van der Waals surface area contributed by atoms with E-state index in [9.17, 15) is 4.39 Å². The maximum atomic E-state index is 14.0. The Morgan fingerprint density at radius 1 is 1.44 bits per heavy atom. The molecule has 0 saturated carbocycles. The standard InChI is InChI=1S/C13H12BrClFNS/c1-2-17-12(13-10(15)5-6-18-13)9-7-8(14)3-4-11(9)16/h3-7,12,17H,2H2,1H3. The van der Waals surface area contributed by atoms with Crippen LogP contribution in [0.15, 0.2) is 34.1 Å². The van der Waals surface area contributed by atoms with Gasteiger partial charge in [-0.1, -0.05) is 34.5 Å². The van der Waals surface area contributed by atoms with Gasteiger partial charge in [-0.2, -0.15) is 0 Å². The summed E-state index contributed by atoms with van der Waals surface area (Å²) in [6.07, 6.45) is 0. The normalized spacial score (nSPS) is 12.7. The smallest absolute Gasteiger partial charge is 0.128 e. The van der Waals surface area contributed by atoms with Crippen LogP contribution in [0.4, 0.5) is 4.39 Å². The molecule has 0 aliphatic carbocycles. The predicted molar refractivity (Wildman–Crippen MR) is 78.9 cm³/mol. The van der Waals surface area contributed by atoms with Gasteiger partial charge in [0, 0.05) is 14.9 Å². The van der Waals surface area contributed by atoms with E-state index in [-0.39, 0.29) is 11.9 Å². The predicted octanol–water partition coefficient (Wildman–Crippen LogP) is 5.00. The van der Waals surface area contributed by atoms with Gasteiger partial charge >= 0.3 is 0 Å². The van der Waals surface area contributed by atoms with Crippen molar-refractivity contribution in [1.29, 1.82) is 0 Å². The van der Waals surface area contributed by atoms with Gasteiger partial charge in [-0.25, -0.2) is 4.39 Å². The third-order valence-corrected chi connectivity index (χ3v) is 4.50. The van der Waals surface area contributed by atoms with Crippen molar-refractivity contribution >= 4 is 38.9 Å². The molecule has 1 heterocycles. The molecule has 0 amide bonds. The van der Waals surface area contributed by atoms with Gasteiger partial charge in [-0.3, -0.25) is 0 Å². The first-order valence-corrected chi connectivity index (χ1v) is 7.59. The van der Waals surface area contributed by atoms with Crippen molar-refractivity contribution < 1.29 is 4.39 Å². The van der Waals surface area contributed by atoms with E-state index in [0.717, 1.165) is 15.9 Å². The molecule has 0 saturated heterocycles. The zero-order valence-corrected chi connectivity index (χ0v) is 12.9. The lowest BCUT2D eigenvalue weighted by Crippen LogP contribution is -2.22. The zero-order valence-electron chi connectivity index (χ0n) is 9.71. The van der Waals surface area contributed by atoms with Crippen LogP contribution in [0.5, 0.6) is 0 Å². The second-order valence-electron chi connectivity index (χ2n) is 3.79. The van der Waals surface area contributed by atoms with E-state index >= 15 is 0 Å². The average molecular weight is 349 g/mol. The first-order valence-electron chi connectivity index (χ1n) is 5.54. The van der Waals surface area contributed by atoms with Crippen LogP contribution in [0, 0.1) is 5.82 Å². The Labute approximate surface area is 123 Å². The lowest BCUT2D eigenvalue weighted by atomic mass is 10.0. The lowest BCUT2D eigenvalue weighted by molar-refractivity contribution is 0.563. The molecular formula is C13H12BrClFNS. The zero-order chi connectivity index (χ0) is 13.1. The summed E-state index contributed by atoms with van der Waals surface area (Å²) >= 11 is 11.1. The molecule has 0 aliphatic heterocycles. The van der Waals surface area contributed by atoms with Gasteiger partial charge in [0.05, 0.1) is 11.1 Å². The number of thiophene rings is 1. The minimum atomic E-state index is -0.228. The summed E-state index contributed by atoms with van der Waals surface area (Å²) in [4.78, 5) is 0.940. The van der Waals surface area contributed by atoms with Crippen molar-refractivity contribution in [2.24, 2.45) is 0 Å². The number of halogens is 3. The molecule has 0 aliphatic rings. The second-order valence-corrected chi connectivity index (χ2v) is 6.06. The van der Waals surface area contributed by atoms with Crippen LogP contribution >= 0.6 is 38.9 Å². The number of nitrogens with one attached hydrogen (secondary N) is 1. The fraction of sp³-hybridized carbons (Fsp3) is 0.231. The molecule has 96 valence electrons. The Balaban J connectivity index is 2.48. The Morgan fingerprint density at radius 2 is 2.22 bits per heavy atom. The van der Waals surface area contributed by atoms with E-state index in [1.54, 1.807) is 12.1 Å². The second kappa shape index (κ2) is 6.15. The van der Waals surface area contributed by atoms with Crippen LogP contribution in [0.25, 0.3) is 0 Å². The third kappa shape index (κ3) is 2.94. The fourth-order valence-electron chi connectivity index (χ4n) is 1.80. The number of hydrogen-bond acceptors (Lipinski definition) is 2. The fourth-order valence-corrected chi connectivity index (χ4v) is 3.43. The highest BCUT2D eigenvalue weighted by Crippen LogP contribution is 2.34. The van der Waals surface area contributed by atoms with Crippen LogP contribution < -0.4 is 5.32 Å². The van der Waals surface area contributed by atoms with Gasteiger partial charge in [-0.05, 0) is 36.2 Å². The van der Waals surface area contributed by atoms with Crippen LogP contribution in [0.1, 0.15) is 23.4 Å². The first-order chi connectivity index (χ1) is 8.63. The largest absolute Gasteiger partial charge is 0.306 e. The van der Waals surface area contributed by atoms with Gasteiger partial charge in [0.2, 0.25) is 0 Å². The summed E-state index contributed by atoms with van der Waals surface area (Å²) in [5.41, 5.74) is 0.607. The molecule has 1 atom stereocenters. The number of benzene rings is 1. The van der Waals surface area contributed by atoms with Crippen LogP contribution in [-0.4, -0.2) is 6.54 Å². The number of rotatable bonds is 4. The number of hydrogen-bond donors (Lipinski definition) is 1. The molecule has 1 aromatic heterocycles. The van der Waals surface area contributed by atoms with Crippen molar-refractivity contribution in [3.63, 3.8) is 0 Å². The van der Waals surface area contributed by atoms with E-state index in [2.05, 4.69) is 21.2 Å². The highest BCUT2D eigenvalue weighted by atomic mass is 79.9. The van der Waals surface area contributed by atoms with Gasteiger partial charge in [0.1, 0.15) is 5.82 Å². The van der Waals surface area contributed by atoms with Crippen molar-refractivity contribution in [1.82, 2.24) is 5.32 Å². The van der Waals surface area contributed by atoms with Crippen LogP contribution in [0.3, 0.4) is 0 Å². The van der Waals surface area contributed by atoms with Crippen molar-refractivity contribution in [2.75, 3.05) is 6.54 Å². The van der Waals surface area contributed by atoms with Gasteiger partial charge in [0.15, 0.2) is 0 Å². The quantitative estimate of drug-likeness (QED) is 0.819. The van der Waals surface area contributed by atoms with Gasteiger partial charge < -0.3 is 5.32 Å². The molecule has 5 heteroatoms.